The molecule has 0 N–H and O–H groups in total. The maximum atomic E-state index is 12.5. The summed E-state index contributed by atoms with van der Waals surface area (Å²) in [5.41, 5.74) is 2.12. The van der Waals surface area contributed by atoms with Crippen molar-refractivity contribution in [2.24, 2.45) is 0 Å². The van der Waals surface area contributed by atoms with E-state index in [1.807, 2.05) is 31.2 Å². The molecular formula is C15H14N2O2S2. The van der Waals surface area contributed by atoms with Crippen LogP contribution in [0.1, 0.15) is 18.9 Å². The van der Waals surface area contributed by atoms with Crippen molar-refractivity contribution in [2.75, 3.05) is 18.5 Å². The van der Waals surface area contributed by atoms with Crippen LogP contribution in [-0.2, 0) is 9.59 Å². The number of thiocarbonyl (C=S) groups is 1. The molecule has 2 amide bonds. The molecule has 2 aliphatic rings. The third-order valence-electron chi connectivity index (χ3n) is 3.58. The summed E-state index contributed by atoms with van der Waals surface area (Å²) in [4.78, 5) is 28.7. The zero-order valence-electron chi connectivity index (χ0n) is 11.8. The smallest absolute Gasteiger partial charge is 0.267 e. The van der Waals surface area contributed by atoms with Gasteiger partial charge in [0.25, 0.3) is 11.8 Å². The summed E-state index contributed by atoms with van der Waals surface area (Å²) < 4.78 is 0.532. The SMILES string of the molecule is CCCN1C(=O)C(=C2C(=O)N(C)c3ccccc32)SC1=S. The number of fused-ring (bicyclic) bond motifs is 1. The van der Waals surface area contributed by atoms with E-state index in [1.54, 1.807) is 16.8 Å². The van der Waals surface area contributed by atoms with E-state index in [0.29, 0.717) is 21.3 Å². The second-order valence-corrected chi connectivity index (χ2v) is 6.55. The topological polar surface area (TPSA) is 40.6 Å². The Balaban J connectivity index is 2.14. The van der Waals surface area contributed by atoms with Crippen molar-refractivity contribution in [3.8, 4) is 0 Å². The molecule has 21 heavy (non-hydrogen) atoms. The van der Waals surface area contributed by atoms with Crippen LogP contribution in [0, 0.1) is 0 Å². The van der Waals surface area contributed by atoms with Gasteiger partial charge in [0.2, 0.25) is 0 Å². The molecule has 0 unspecified atom stereocenters. The third kappa shape index (κ3) is 2.10. The average Bonchev–Trinajstić information content (AvgIpc) is 2.89. The number of thioether (sulfide) groups is 1. The fourth-order valence-electron chi connectivity index (χ4n) is 2.56. The van der Waals surface area contributed by atoms with Gasteiger partial charge in [0.15, 0.2) is 0 Å². The first-order valence-corrected chi connectivity index (χ1v) is 7.94. The van der Waals surface area contributed by atoms with Crippen LogP contribution in [0.5, 0.6) is 0 Å². The quantitative estimate of drug-likeness (QED) is 0.621. The second kappa shape index (κ2) is 5.27. The summed E-state index contributed by atoms with van der Waals surface area (Å²) >= 11 is 6.50. The molecule has 108 valence electrons. The summed E-state index contributed by atoms with van der Waals surface area (Å²) in [7, 11) is 1.72. The van der Waals surface area contributed by atoms with Crippen LogP contribution in [0.15, 0.2) is 29.2 Å². The van der Waals surface area contributed by atoms with Crippen LogP contribution in [0.25, 0.3) is 5.57 Å². The summed E-state index contributed by atoms with van der Waals surface area (Å²) in [6.45, 7) is 2.59. The molecule has 0 aliphatic carbocycles. The van der Waals surface area contributed by atoms with E-state index in [-0.39, 0.29) is 11.8 Å². The Morgan fingerprint density at radius 2 is 1.90 bits per heavy atom. The average molecular weight is 318 g/mol. The Bertz CT molecular complexity index is 697. The van der Waals surface area contributed by atoms with E-state index in [4.69, 9.17) is 12.2 Å². The summed E-state index contributed by atoms with van der Waals surface area (Å²) in [6, 6.07) is 7.51. The lowest BCUT2D eigenvalue weighted by Gasteiger charge is -2.12. The molecule has 3 rings (SSSR count). The zero-order valence-corrected chi connectivity index (χ0v) is 13.4. The number of nitrogens with zero attached hydrogens (tertiary/aromatic N) is 2. The van der Waals surface area contributed by atoms with Crippen molar-refractivity contribution in [1.82, 2.24) is 4.90 Å². The Kier molecular flexibility index (Phi) is 3.59. The summed E-state index contributed by atoms with van der Waals surface area (Å²) in [5, 5.41) is 0. The molecule has 1 aromatic carbocycles. The lowest BCUT2D eigenvalue weighted by atomic mass is 10.1. The van der Waals surface area contributed by atoms with E-state index >= 15 is 0 Å². The number of rotatable bonds is 2. The molecule has 0 saturated carbocycles. The van der Waals surface area contributed by atoms with E-state index in [9.17, 15) is 9.59 Å². The monoisotopic (exact) mass is 318 g/mol. The molecule has 0 spiro atoms. The number of hydrogen-bond acceptors (Lipinski definition) is 4. The van der Waals surface area contributed by atoms with Crippen LogP contribution in [0.2, 0.25) is 0 Å². The Hall–Kier alpha value is -1.66. The van der Waals surface area contributed by atoms with Crippen molar-refractivity contribution in [1.29, 1.82) is 0 Å². The van der Waals surface area contributed by atoms with Crippen molar-refractivity contribution < 1.29 is 9.59 Å². The van der Waals surface area contributed by atoms with Crippen molar-refractivity contribution >= 4 is 51.4 Å². The summed E-state index contributed by atoms with van der Waals surface area (Å²) in [5.74, 6) is -0.298. The first-order chi connectivity index (χ1) is 10.1. The first kappa shape index (κ1) is 14.3. The van der Waals surface area contributed by atoms with Gasteiger partial charge in [-0.15, -0.1) is 0 Å². The predicted molar refractivity (Wildman–Crippen MR) is 89.0 cm³/mol. The number of likely N-dealkylation sites (N-methyl/N-ethyl adjacent to an activating group) is 1. The van der Waals surface area contributed by atoms with Gasteiger partial charge in [0.1, 0.15) is 4.32 Å². The Morgan fingerprint density at radius 3 is 2.62 bits per heavy atom. The van der Waals surface area contributed by atoms with Gasteiger partial charge in [-0.3, -0.25) is 14.5 Å². The standard InChI is InChI=1S/C15H14N2O2S2/c1-3-8-17-14(19)12(21-15(17)20)11-9-6-4-5-7-10(9)16(2)13(11)18/h4-7H,3,8H2,1-2H3. The van der Waals surface area contributed by atoms with Gasteiger partial charge >= 0.3 is 0 Å². The van der Waals surface area contributed by atoms with Crippen LogP contribution in [-0.4, -0.2) is 34.6 Å². The van der Waals surface area contributed by atoms with Gasteiger partial charge in [-0.05, 0) is 12.5 Å². The molecule has 0 radical (unpaired) electrons. The van der Waals surface area contributed by atoms with Gasteiger partial charge in [0.05, 0.1) is 16.2 Å². The molecule has 0 atom stereocenters. The zero-order chi connectivity index (χ0) is 15.1. The minimum atomic E-state index is -0.152. The lowest BCUT2D eigenvalue weighted by molar-refractivity contribution is -0.122. The van der Waals surface area contributed by atoms with Gasteiger partial charge in [-0.1, -0.05) is 49.1 Å². The first-order valence-electron chi connectivity index (χ1n) is 6.71. The van der Waals surface area contributed by atoms with Crippen LogP contribution in [0.4, 0.5) is 5.69 Å². The highest BCUT2D eigenvalue weighted by atomic mass is 32.2. The molecule has 4 nitrogen and oxygen atoms in total. The number of carbonyl (C=O) groups excluding carboxylic acids is 2. The highest BCUT2D eigenvalue weighted by Gasteiger charge is 2.40. The summed E-state index contributed by atoms with van der Waals surface area (Å²) in [6.07, 6.45) is 0.833. The third-order valence-corrected chi connectivity index (χ3v) is 5.02. The van der Waals surface area contributed by atoms with Crippen LogP contribution < -0.4 is 4.90 Å². The molecule has 1 aromatic rings. The fourth-order valence-corrected chi connectivity index (χ4v) is 3.94. The highest BCUT2D eigenvalue weighted by molar-refractivity contribution is 8.26. The van der Waals surface area contributed by atoms with Crippen LogP contribution >= 0.6 is 24.0 Å². The minimum Gasteiger partial charge on any atom is -0.311 e. The molecule has 1 saturated heterocycles. The van der Waals surface area contributed by atoms with E-state index < -0.39 is 0 Å². The number of carbonyl (C=O) groups is 2. The maximum absolute atomic E-state index is 12.5. The molecule has 6 heteroatoms. The Morgan fingerprint density at radius 1 is 1.19 bits per heavy atom. The molecule has 0 bridgehead atoms. The van der Waals surface area contributed by atoms with E-state index in [1.165, 1.54) is 11.8 Å². The molecule has 2 aliphatic heterocycles. The van der Waals surface area contributed by atoms with E-state index in [2.05, 4.69) is 0 Å². The van der Waals surface area contributed by atoms with Crippen molar-refractivity contribution in [3.05, 3.63) is 34.7 Å². The van der Waals surface area contributed by atoms with E-state index in [0.717, 1.165) is 17.7 Å². The molecular weight excluding hydrogens is 304 g/mol. The van der Waals surface area contributed by atoms with Crippen molar-refractivity contribution in [2.45, 2.75) is 13.3 Å². The number of anilines is 1. The Labute approximate surface area is 132 Å². The number of benzene rings is 1. The van der Waals surface area contributed by atoms with Gasteiger partial charge < -0.3 is 4.90 Å². The predicted octanol–water partition coefficient (Wildman–Crippen LogP) is 2.64. The lowest BCUT2D eigenvalue weighted by Crippen LogP contribution is -2.29. The van der Waals surface area contributed by atoms with Gasteiger partial charge in [-0.2, -0.15) is 0 Å². The second-order valence-electron chi connectivity index (χ2n) is 4.91. The molecule has 2 heterocycles. The fraction of sp³-hybridized carbons (Fsp3) is 0.267. The van der Waals surface area contributed by atoms with Gasteiger partial charge in [0, 0.05) is 19.2 Å². The van der Waals surface area contributed by atoms with Crippen molar-refractivity contribution in [3.63, 3.8) is 0 Å². The highest BCUT2D eigenvalue weighted by Crippen LogP contribution is 2.43. The number of hydrogen-bond donors (Lipinski definition) is 0. The normalized spacial score (nSPS) is 21.5. The van der Waals surface area contributed by atoms with Gasteiger partial charge in [-0.25, -0.2) is 0 Å². The minimum absolute atomic E-state index is 0.145. The maximum Gasteiger partial charge on any atom is 0.267 e. The number of amides is 2. The molecule has 0 aromatic heterocycles. The van der Waals surface area contributed by atoms with Crippen LogP contribution in [0.3, 0.4) is 0 Å². The molecule has 1 fully saturated rings. The number of para-hydroxylation sites is 1. The largest absolute Gasteiger partial charge is 0.311 e.